The van der Waals surface area contributed by atoms with E-state index in [1.54, 1.807) is 6.07 Å². The quantitative estimate of drug-likeness (QED) is 0.704. The Kier molecular flexibility index (Phi) is 6.15. The Morgan fingerprint density at radius 3 is 2.72 bits per heavy atom. The molecule has 0 spiro atoms. The highest BCUT2D eigenvalue weighted by atomic mass is 79.9. The molecule has 1 amide bonds. The largest absolute Gasteiger partial charge is 0.507 e. The van der Waals surface area contributed by atoms with E-state index < -0.39 is 0 Å². The van der Waals surface area contributed by atoms with Crippen molar-refractivity contribution in [1.82, 2.24) is 10.6 Å². The lowest BCUT2D eigenvalue weighted by atomic mass is 10.2. The molecule has 0 radical (unpaired) electrons. The minimum atomic E-state index is 0.0260. The fraction of sp³-hybridized carbons (Fsp3) is 0.462. The lowest BCUT2D eigenvalue weighted by Crippen LogP contribution is -2.34. The Morgan fingerprint density at radius 2 is 2.11 bits per heavy atom. The van der Waals surface area contributed by atoms with Gasteiger partial charge in [0.05, 0.1) is 4.47 Å². The van der Waals surface area contributed by atoms with Crippen molar-refractivity contribution >= 4 is 21.8 Å². The molecule has 0 saturated carbocycles. The van der Waals surface area contributed by atoms with Gasteiger partial charge >= 0.3 is 0 Å². The van der Waals surface area contributed by atoms with Crippen LogP contribution in [0.1, 0.15) is 19.4 Å². The predicted molar refractivity (Wildman–Crippen MR) is 75.4 cm³/mol. The van der Waals surface area contributed by atoms with Crippen molar-refractivity contribution in [2.45, 2.75) is 20.4 Å². The molecule has 3 N–H and O–H groups in total. The molecule has 0 aliphatic heterocycles. The zero-order valence-electron chi connectivity index (χ0n) is 10.7. The van der Waals surface area contributed by atoms with Crippen molar-refractivity contribution in [2.75, 3.05) is 13.1 Å². The second kappa shape index (κ2) is 7.38. The number of aromatic hydroxyl groups is 1. The average molecular weight is 315 g/mol. The van der Waals surface area contributed by atoms with E-state index in [1.807, 2.05) is 26.0 Å². The van der Waals surface area contributed by atoms with Gasteiger partial charge in [0.2, 0.25) is 5.91 Å². The SMILES string of the molecule is CC(C)C(=O)NCCNCc1ccc(O)c(Br)c1. The molecule has 5 heteroatoms. The van der Waals surface area contributed by atoms with Crippen LogP contribution in [0.2, 0.25) is 0 Å². The number of amides is 1. The standard InChI is InChI=1S/C13H19BrN2O2/c1-9(2)13(18)16-6-5-15-8-10-3-4-12(17)11(14)7-10/h3-4,7,9,15,17H,5-6,8H2,1-2H3,(H,16,18). The van der Waals surface area contributed by atoms with Gasteiger partial charge in [-0.15, -0.1) is 0 Å². The van der Waals surface area contributed by atoms with E-state index in [0.29, 0.717) is 17.6 Å². The van der Waals surface area contributed by atoms with Crippen LogP contribution in [0.15, 0.2) is 22.7 Å². The highest BCUT2D eigenvalue weighted by Gasteiger charge is 2.04. The highest BCUT2D eigenvalue weighted by Crippen LogP contribution is 2.23. The van der Waals surface area contributed by atoms with Gasteiger partial charge in [-0.3, -0.25) is 4.79 Å². The third-order valence-corrected chi connectivity index (χ3v) is 3.10. The lowest BCUT2D eigenvalue weighted by molar-refractivity contribution is -0.123. The second-order valence-electron chi connectivity index (χ2n) is 4.41. The van der Waals surface area contributed by atoms with E-state index in [4.69, 9.17) is 0 Å². The van der Waals surface area contributed by atoms with Gasteiger partial charge in [-0.1, -0.05) is 19.9 Å². The van der Waals surface area contributed by atoms with Crippen molar-refractivity contribution in [3.63, 3.8) is 0 Å². The van der Waals surface area contributed by atoms with Crippen LogP contribution in [0.3, 0.4) is 0 Å². The van der Waals surface area contributed by atoms with Gasteiger partial charge in [0.25, 0.3) is 0 Å². The first-order chi connectivity index (χ1) is 8.50. The Hall–Kier alpha value is -1.07. The number of benzene rings is 1. The number of carbonyl (C=O) groups is 1. The number of carbonyl (C=O) groups excluding carboxylic acids is 1. The summed E-state index contributed by atoms with van der Waals surface area (Å²) in [5.74, 6) is 0.338. The molecule has 0 atom stereocenters. The third kappa shape index (κ3) is 5.06. The third-order valence-electron chi connectivity index (χ3n) is 2.47. The Morgan fingerprint density at radius 1 is 1.39 bits per heavy atom. The van der Waals surface area contributed by atoms with Gasteiger partial charge in [-0.05, 0) is 33.6 Å². The van der Waals surface area contributed by atoms with Crippen molar-refractivity contribution < 1.29 is 9.90 Å². The van der Waals surface area contributed by atoms with Crippen LogP contribution in [-0.2, 0) is 11.3 Å². The molecule has 0 bridgehead atoms. The monoisotopic (exact) mass is 314 g/mol. The van der Waals surface area contributed by atoms with Gasteiger partial charge in [-0.2, -0.15) is 0 Å². The maximum Gasteiger partial charge on any atom is 0.222 e. The summed E-state index contributed by atoms with van der Waals surface area (Å²) in [6.45, 7) is 5.79. The molecule has 18 heavy (non-hydrogen) atoms. The van der Waals surface area contributed by atoms with Crippen LogP contribution in [0.4, 0.5) is 0 Å². The van der Waals surface area contributed by atoms with E-state index in [2.05, 4.69) is 26.6 Å². The Bertz CT molecular complexity index is 408. The summed E-state index contributed by atoms with van der Waals surface area (Å²) in [4.78, 5) is 11.3. The van der Waals surface area contributed by atoms with Crippen LogP contribution in [0.25, 0.3) is 0 Å². The molecular weight excluding hydrogens is 296 g/mol. The van der Waals surface area contributed by atoms with Crippen LogP contribution < -0.4 is 10.6 Å². The highest BCUT2D eigenvalue weighted by molar-refractivity contribution is 9.10. The summed E-state index contributed by atoms with van der Waals surface area (Å²) >= 11 is 3.27. The van der Waals surface area contributed by atoms with Crippen LogP contribution in [0, 0.1) is 5.92 Å². The smallest absolute Gasteiger partial charge is 0.222 e. The molecule has 0 heterocycles. The molecular formula is C13H19BrN2O2. The van der Waals surface area contributed by atoms with E-state index in [-0.39, 0.29) is 17.6 Å². The summed E-state index contributed by atoms with van der Waals surface area (Å²) in [7, 11) is 0. The fourth-order valence-corrected chi connectivity index (χ4v) is 1.80. The first-order valence-corrected chi connectivity index (χ1v) is 6.76. The van der Waals surface area contributed by atoms with Gasteiger partial charge in [0.1, 0.15) is 5.75 Å². The number of phenols is 1. The maximum atomic E-state index is 11.3. The van der Waals surface area contributed by atoms with Crippen molar-refractivity contribution in [3.05, 3.63) is 28.2 Å². The van der Waals surface area contributed by atoms with Crippen LogP contribution >= 0.6 is 15.9 Å². The van der Waals surface area contributed by atoms with E-state index in [9.17, 15) is 9.90 Å². The molecule has 1 aromatic rings. The normalized spacial score (nSPS) is 10.7. The van der Waals surface area contributed by atoms with Gasteiger partial charge < -0.3 is 15.7 Å². The minimum absolute atomic E-state index is 0.0260. The molecule has 0 aliphatic rings. The number of hydrogen-bond acceptors (Lipinski definition) is 3. The van der Waals surface area contributed by atoms with Crippen molar-refractivity contribution in [2.24, 2.45) is 5.92 Å². The number of rotatable bonds is 6. The van der Waals surface area contributed by atoms with E-state index in [1.165, 1.54) is 0 Å². The number of phenolic OH excluding ortho intramolecular Hbond substituents is 1. The molecule has 1 aromatic carbocycles. The van der Waals surface area contributed by atoms with Gasteiger partial charge in [0, 0.05) is 25.6 Å². The Balaban J connectivity index is 2.22. The zero-order valence-corrected chi connectivity index (χ0v) is 12.3. The molecule has 4 nitrogen and oxygen atoms in total. The fourth-order valence-electron chi connectivity index (χ4n) is 1.37. The first kappa shape index (κ1) is 15.0. The lowest BCUT2D eigenvalue weighted by Gasteiger charge is -2.09. The number of halogens is 1. The Labute approximate surface area is 116 Å². The summed E-state index contributed by atoms with van der Waals surface area (Å²) in [6, 6.07) is 5.39. The molecule has 0 fully saturated rings. The summed E-state index contributed by atoms with van der Waals surface area (Å²) < 4.78 is 0.690. The van der Waals surface area contributed by atoms with Crippen LogP contribution in [-0.4, -0.2) is 24.1 Å². The maximum absolute atomic E-state index is 11.3. The average Bonchev–Trinajstić information content (AvgIpc) is 2.32. The summed E-state index contributed by atoms with van der Waals surface area (Å²) in [6.07, 6.45) is 0. The van der Waals surface area contributed by atoms with Crippen molar-refractivity contribution in [1.29, 1.82) is 0 Å². The molecule has 0 aliphatic carbocycles. The molecule has 1 rings (SSSR count). The first-order valence-electron chi connectivity index (χ1n) is 5.96. The summed E-state index contributed by atoms with van der Waals surface area (Å²) in [5, 5.41) is 15.4. The number of hydrogen-bond donors (Lipinski definition) is 3. The van der Waals surface area contributed by atoms with Gasteiger partial charge in [-0.25, -0.2) is 0 Å². The molecule has 0 saturated heterocycles. The minimum Gasteiger partial charge on any atom is -0.507 e. The zero-order chi connectivity index (χ0) is 13.5. The molecule has 0 aromatic heterocycles. The van der Waals surface area contributed by atoms with E-state index in [0.717, 1.165) is 12.1 Å². The summed E-state index contributed by atoms with van der Waals surface area (Å²) in [5.41, 5.74) is 1.08. The topological polar surface area (TPSA) is 61.4 Å². The molecule has 0 unspecified atom stereocenters. The molecule has 100 valence electrons. The van der Waals surface area contributed by atoms with Crippen molar-refractivity contribution in [3.8, 4) is 5.75 Å². The number of nitrogens with one attached hydrogen (secondary N) is 2. The van der Waals surface area contributed by atoms with E-state index >= 15 is 0 Å². The predicted octanol–water partition coefficient (Wildman–Crippen LogP) is 2.02. The van der Waals surface area contributed by atoms with Crippen LogP contribution in [0.5, 0.6) is 5.75 Å². The van der Waals surface area contributed by atoms with Gasteiger partial charge in [0.15, 0.2) is 0 Å². The second-order valence-corrected chi connectivity index (χ2v) is 5.26.